The molecular formula is C26H28N4O3S. The summed E-state index contributed by atoms with van der Waals surface area (Å²) in [5, 5.41) is 7.54. The van der Waals surface area contributed by atoms with Gasteiger partial charge in [-0.05, 0) is 41.3 Å². The largest absolute Gasteiger partial charge is 0.384 e. The second-order valence-corrected chi connectivity index (χ2v) is 10.2. The van der Waals surface area contributed by atoms with Gasteiger partial charge in [0.25, 0.3) is 0 Å². The van der Waals surface area contributed by atoms with E-state index in [9.17, 15) is 13.2 Å². The lowest BCUT2D eigenvalue weighted by Crippen LogP contribution is -2.50. The van der Waals surface area contributed by atoms with Crippen LogP contribution < -0.4 is 5.73 Å². The molecule has 0 saturated carbocycles. The summed E-state index contributed by atoms with van der Waals surface area (Å²) in [5.74, 6) is -0.00213. The van der Waals surface area contributed by atoms with Crippen LogP contribution in [0.3, 0.4) is 0 Å². The molecule has 0 atom stereocenters. The molecule has 1 fully saturated rings. The summed E-state index contributed by atoms with van der Waals surface area (Å²) < 4.78 is 27.7. The summed E-state index contributed by atoms with van der Waals surface area (Å²) in [4.78, 5) is 14.7. The third kappa shape index (κ3) is 5.35. The fourth-order valence-corrected chi connectivity index (χ4v) is 5.50. The highest BCUT2D eigenvalue weighted by atomic mass is 32.2. The Bertz CT molecular complexity index is 1270. The van der Waals surface area contributed by atoms with E-state index in [0.717, 1.165) is 16.7 Å². The number of amides is 1. The Morgan fingerprint density at radius 2 is 1.50 bits per heavy atom. The molecule has 1 amide bonds. The van der Waals surface area contributed by atoms with E-state index in [4.69, 9.17) is 11.1 Å². The highest BCUT2D eigenvalue weighted by Gasteiger charge is 2.30. The average Bonchev–Trinajstić information content (AvgIpc) is 2.88. The Labute approximate surface area is 200 Å². The smallest absolute Gasteiger partial charge is 0.243 e. The zero-order valence-electron chi connectivity index (χ0n) is 18.9. The number of nitrogens with two attached hydrogens (primary N) is 1. The first kappa shape index (κ1) is 23.7. The third-order valence-corrected chi connectivity index (χ3v) is 7.97. The molecule has 0 bridgehead atoms. The van der Waals surface area contributed by atoms with Crippen LogP contribution >= 0.6 is 0 Å². The van der Waals surface area contributed by atoms with Crippen LogP contribution in [-0.4, -0.2) is 55.5 Å². The summed E-state index contributed by atoms with van der Waals surface area (Å²) in [5.41, 5.74) is 9.11. The van der Waals surface area contributed by atoms with E-state index < -0.39 is 10.0 Å². The minimum atomic E-state index is -3.61. The predicted octanol–water partition coefficient (Wildman–Crippen LogP) is 3.10. The van der Waals surface area contributed by atoms with Crippen molar-refractivity contribution in [3.63, 3.8) is 0 Å². The van der Waals surface area contributed by atoms with Gasteiger partial charge in [0, 0.05) is 38.2 Å². The zero-order chi connectivity index (χ0) is 24.1. The highest BCUT2D eigenvalue weighted by Crippen LogP contribution is 2.23. The molecular weight excluding hydrogens is 448 g/mol. The molecule has 0 aromatic heterocycles. The Morgan fingerprint density at radius 3 is 2.15 bits per heavy atom. The van der Waals surface area contributed by atoms with Gasteiger partial charge in [-0.1, -0.05) is 60.7 Å². The van der Waals surface area contributed by atoms with Crippen molar-refractivity contribution < 1.29 is 13.2 Å². The number of hydrogen-bond donors (Lipinski definition) is 2. The van der Waals surface area contributed by atoms with Crippen LogP contribution in [0, 0.1) is 5.41 Å². The van der Waals surface area contributed by atoms with E-state index in [-0.39, 0.29) is 29.7 Å². The lowest BCUT2D eigenvalue weighted by atomic mass is 10.1. The number of nitrogens with one attached hydrogen (secondary N) is 1. The van der Waals surface area contributed by atoms with E-state index in [1.807, 2.05) is 60.7 Å². The number of aryl methyl sites for hydroxylation is 1. The quantitative estimate of drug-likeness (QED) is 0.404. The molecule has 8 heteroatoms. The van der Waals surface area contributed by atoms with Crippen LogP contribution in [0.1, 0.15) is 17.5 Å². The van der Waals surface area contributed by atoms with E-state index in [0.29, 0.717) is 31.5 Å². The number of nitrogens with zero attached hydrogens (tertiary/aromatic N) is 2. The maximum Gasteiger partial charge on any atom is 0.243 e. The van der Waals surface area contributed by atoms with Crippen molar-refractivity contribution in [2.45, 2.75) is 17.7 Å². The first-order valence-electron chi connectivity index (χ1n) is 11.2. The molecule has 34 heavy (non-hydrogen) atoms. The Kier molecular flexibility index (Phi) is 7.09. The number of benzene rings is 3. The second kappa shape index (κ2) is 10.2. The maximum atomic E-state index is 13.1. The van der Waals surface area contributed by atoms with Gasteiger partial charge in [-0.3, -0.25) is 10.2 Å². The molecule has 1 heterocycles. The van der Waals surface area contributed by atoms with Crippen molar-refractivity contribution in [1.82, 2.24) is 9.21 Å². The SMILES string of the molecule is N=C(N)c1cccc(CCC(=O)N2CCN(S(=O)(=O)c3ccc(-c4ccccc4)cc3)CC2)c1. The van der Waals surface area contributed by atoms with E-state index in [1.54, 1.807) is 23.1 Å². The van der Waals surface area contributed by atoms with Crippen LogP contribution in [-0.2, 0) is 21.2 Å². The molecule has 4 rings (SSSR count). The molecule has 0 spiro atoms. The minimum Gasteiger partial charge on any atom is -0.384 e. The van der Waals surface area contributed by atoms with Crippen LogP contribution in [0.2, 0.25) is 0 Å². The molecule has 3 aromatic carbocycles. The van der Waals surface area contributed by atoms with Crippen LogP contribution in [0.4, 0.5) is 0 Å². The molecule has 1 saturated heterocycles. The van der Waals surface area contributed by atoms with Crippen molar-refractivity contribution in [3.8, 4) is 11.1 Å². The van der Waals surface area contributed by atoms with Crippen molar-refractivity contribution in [2.75, 3.05) is 26.2 Å². The van der Waals surface area contributed by atoms with E-state index >= 15 is 0 Å². The minimum absolute atomic E-state index is 0.000198. The average molecular weight is 477 g/mol. The molecule has 0 unspecified atom stereocenters. The van der Waals surface area contributed by atoms with Crippen molar-refractivity contribution in [2.24, 2.45) is 5.73 Å². The van der Waals surface area contributed by atoms with E-state index in [1.165, 1.54) is 4.31 Å². The van der Waals surface area contributed by atoms with Gasteiger partial charge in [-0.25, -0.2) is 8.42 Å². The number of carbonyl (C=O) groups is 1. The highest BCUT2D eigenvalue weighted by molar-refractivity contribution is 7.89. The molecule has 3 N–H and O–H groups in total. The molecule has 1 aliphatic rings. The van der Waals surface area contributed by atoms with Gasteiger partial charge in [0.05, 0.1) is 4.90 Å². The topological polar surface area (TPSA) is 108 Å². The standard InChI is InChI=1S/C26H28N4O3S/c27-26(28)23-8-4-5-20(19-23)9-14-25(31)29-15-17-30(18-16-29)34(32,33)24-12-10-22(11-13-24)21-6-2-1-3-7-21/h1-8,10-13,19H,9,14-18H2,(H3,27,28). The van der Waals surface area contributed by atoms with Crippen molar-refractivity contribution >= 4 is 21.8 Å². The molecule has 0 radical (unpaired) electrons. The number of carbonyl (C=O) groups excluding carboxylic acids is 1. The maximum absolute atomic E-state index is 13.1. The van der Waals surface area contributed by atoms with Gasteiger partial charge in [0.15, 0.2) is 0 Å². The number of rotatable bonds is 7. The Morgan fingerprint density at radius 1 is 0.853 bits per heavy atom. The number of sulfonamides is 1. The van der Waals surface area contributed by atoms with Gasteiger partial charge in [-0.2, -0.15) is 4.31 Å². The first-order valence-corrected chi connectivity index (χ1v) is 12.7. The summed E-state index contributed by atoms with van der Waals surface area (Å²) in [6.45, 7) is 1.28. The van der Waals surface area contributed by atoms with Gasteiger partial charge in [0.1, 0.15) is 5.84 Å². The van der Waals surface area contributed by atoms with E-state index in [2.05, 4.69) is 0 Å². The Balaban J connectivity index is 1.33. The van der Waals surface area contributed by atoms with Crippen LogP contribution in [0.15, 0.2) is 83.8 Å². The lowest BCUT2D eigenvalue weighted by Gasteiger charge is -2.34. The number of piperazine rings is 1. The summed E-state index contributed by atoms with van der Waals surface area (Å²) in [6.07, 6.45) is 0.876. The lowest BCUT2D eigenvalue weighted by molar-refractivity contribution is -0.132. The van der Waals surface area contributed by atoms with Gasteiger partial charge in [0.2, 0.25) is 15.9 Å². The molecule has 7 nitrogen and oxygen atoms in total. The number of nitrogen functional groups attached to an aromatic ring is 1. The van der Waals surface area contributed by atoms with Crippen molar-refractivity contribution in [1.29, 1.82) is 5.41 Å². The monoisotopic (exact) mass is 476 g/mol. The first-order chi connectivity index (χ1) is 16.3. The number of hydrogen-bond acceptors (Lipinski definition) is 4. The van der Waals surface area contributed by atoms with Crippen LogP contribution in [0.25, 0.3) is 11.1 Å². The van der Waals surface area contributed by atoms with Gasteiger partial charge in [-0.15, -0.1) is 0 Å². The summed E-state index contributed by atoms with van der Waals surface area (Å²) in [7, 11) is -3.61. The predicted molar refractivity (Wildman–Crippen MR) is 133 cm³/mol. The van der Waals surface area contributed by atoms with Gasteiger partial charge >= 0.3 is 0 Å². The summed E-state index contributed by atoms with van der Waals surface area (Å²) >= 11 is 0. The fraction of sp³-hybridized carbons (Fsp3) is 0.231. The zero-order valence-corrected chi connectivity index (χ0v) is 19.7. The third-order valence-electron chi connectivity index (χ3n) is 6.06. The van der Waals surface area contributed by atoms with Gasteiger partial charge < -0.3 is 10.6 Å². The Hall–Kier alpha value is -3.49. The molecule has 1 aliphatic heterocycles. The summed E-state index contributed by atoms with van der Waals surface area (Å²) in [6, 6.07) is 24.1. The molecule has 3 aromatic rings. The fourth-order valence-electron chi connectivity index (χ4n) is 4.08. The molecule has 0 aliphatic carbocycles. The van der Waals surface area contributed by atoms with Crippen molar-refractivity contribution in [3.05, 3.63) is 90.0 Å². The number of amidine groups is 1. The normalized spacial score (nSPS) is 14.6. The molecule has 176 valence electrons. The second-order valence-electron chi connectivity index (χ2n) is 8.29. The van der Waals surface area contributed by atoms with Crippen LogP contribution in [0.5, 0.6) is 0 Å².